The molecular weight excluding hydrogens is 324 g/mol. The SMILES string of the molecule is Cc1ccc(-n2cnnn2)cc1NC(=O)N1CC(C)CC(C(=O)O)C1. The minimum atomic E-state index is -0.860. The van der Waals surface area contributed by atoms with Crippen molar-refractivity contribution in [3.63, 3.8) is 0 Å². The molecule has 1 aromatic heterocycles. The van der Waals surface area contributed by atoms with Gasteiger partial charge in [-0.25, -0.2) is 9.48 Å². The van der Waals surface area contributed by atoms with E-state index in [1.54, 1.807) is 11.0 Å². The minimum Gasteiger partial charge on any atom is -0.481 e. The maximum Gasteiger partial charge on any atom is 0.321 e. The molecule has 2 amide bonds. The number of hydrogen-bond acceptors (Lipinski definition) is 5. The van der Waals surface area contributed by atoms with Crippen molar-refractivity contribution in [1.29, 1.82) is 0 Å². The summed E-state index contributed by atoms with van der Waals surface area (Å²) >= 11 is 0. The highest BCUT2D eigenvalue weighted by Gasteiger charge is 2.32. The molecule has 0 spiro atoms. The van der Waals surface area contributed by atoms with Crippen LogP contribution in [-0.2, 0) is 4.79 Å². The molecule has 2 atom stereocenters. The zero-order chi connectivity index (χ0) is 18.0. The van der Waals surface area contributed by atoms with Gasteiger partial charge in [-0.1, -0.05) is 13.0 Å². The van der Waals surface area contributed by atoms with E-state index in [2.05, 4.69) is 20.8 Å². The average Bonchev–Trinajstić information content (AvgIpc) is 3.10. The molecule has 2 unspecified atom stereocenters. The molecule has 9 nitrogen and oxygen atoms in total. The Kier molecular flexibility index (Phi) is 4.64. The lowest BCUT2D eigenvalue weighted by atomic mass is 9.91. The summed E-state index contributed by atoms with van der Waals surface area (Å²) in [6.07, 6.45) is 2.06. The number of nitrogens with zero attached hydrogens (tertiary/aromatic N) is 5. The van der Waals surface area contributed by atoms with Crippen LogP contribution in [0.25, 0.3) is 5.69 Å². The number of likely N-dealkylation sites (tertiary alicyclic amines) is 1. The molecule has 1 aliphatic heterocycles. The lowest BCUT2D eigenvalue weighted by molar-refractivity contribution is -0.143. The number of aliphatic carboxylic acids is 1. The molecule has 3 rings (SSSR count). The summed E-state index contributed by atoms with van der Waals surface area (Å²) < 4.78 is 1.50. The Morgan fingerprint density at radius 3 is 2.80 bits per heavy atom. The van der Waals surface area contributed by atoms with Crippen molar-refractivity contribution in [2.45, 2.75) is 20.3 Å². The normalized spacial score (nSPS) is 20.3. The molecule has 2 heterocycles. The number of aryl methyl sites for hydroxylation is 1. The molecule has 25 heavy (non-hydrogen) atoms. The lowest BCUT2D eigenvalue weighted by Crippen LogP contribution is -2.47. The number of rotatable bonds is 3. The second kappa shape index (κ2) is 6.88. The van der Waals surface area contributed by atoms with Gasteiger partial charge in [0.15, 0.2) is 0 Å². The van der Waals surface area contributed by atoms with Crippen LogP contribution in [0.4, 0.5) is 10.5 Å². The Labute approximate surface area is 144 Å². The minimum absolute atomic E-state index is 0.147. The van der Waals surface area contributed by atoms with Crippen LogP contribution in [0, 0.1) is 18.8 Å². The molecule has 0 aliphatic carbocycles. The van der Waals surface area contributed by atoms with Crippen molar-refractivity contribution >= 4 is 17.7 Å². The Bertz CT molecular complexity index is 776. The number of urea groups is 1. The van der Waals surface area contributed by atoms with Gasteiger partial charge < -0.3 is 15.3 Å². The van der Waals surface area contributed by atoms with Gasteiger partial charge in [0.2, 0.25) is 0 Å². The van der Waals surface area contributed by atoms with Crippen LogP contribution in [0.2, 0.25) is 0 Å². The molecule has 132 valence electrons. The van der Waals surface area contributed by atoms with Crippen LogP contribution in [-0.4, -0.2) is 55.3 Å². The first kappa shape index (κ1) is 16.9. The maximum atomic E-state index is 12.6. The summed E-state index contributed by atoms with van der Waals surface area (Å²) in [5.41, 5.74) is 2.26. The van der Waals surface area contributed by atoms with Crippen LogP contribution in [0.5, 0.6) is 0 Å². The summed E-state index contributed by atoms with van der Waals surface area (Å²) in [7, 11) is 0. The van der Waals surface area contributed by atoms with Gasteiger partial charge in [-0.2, -0.15) is 0 Å². The van der Waals surface area contributed by atoms with Gasteiger partial charge in [0.1, 0.15) is 6.33 Å². The fraction of sp³-hybridized carbons (Fsp3) is 0.438. The lowest BCUT2D eigenvalue weighted by Gasteiger charge is -2.34. The van der Waals surface area contributed by atoms with Crippen LogP contribution >= 0.6 is 0 Å². The number of piperidine rings is 1. The number of carboxylic acid groups (broad SMARTS) is 1. The molecule has 1 aliphatic rings. The van der Waals surface area contributed by atoms with Gasteiger partial charge in [0.05, 0.1) is 11.6 Å². The zero-order valence-electron chi connectivity index (χ0n) is 14.1. The maximum absolute atomic E-state index is 12.6. The molecule has 0 bridgehead atoms. The Morgan fingerprint density at radius 2 is 2.12 bits per heavy atom. The largest absolute Gasteiger partial charge is 0.481 e. The number of aromatic nitrogens is 4. The second-order valence-electron chi connectivity index (χ2n) is 6.46. The fourth-order valence-electron chi connectivity index (χ4n) is 3.06. The Balaban J connectivity index is 1.76. The van der Waals surface area contributed by atoms with Gasteiger partial charge in [-0.05, 0) is 47.4 Å². The van der Waals surface area contributed by atoms with Crippen molar-refractivity contribution in [1.82, 2.24) is 25.1 Å². The highest BCUT2D eigenvalue weighted by atomic mass is 16.4. The molecule has 0 radical (unpaired) electrons. The van der Waals surface area contributed by atoms with Gasteiger partial charge in [0.25, 0.3) is 0 Å². The van der Waals surface area contributed by atoms with Crippen LogP contribution in [0.1, 0.15) is 18.9 Å². The van der Waals surface area contributed by atoms with Crippen molar-refractivity contribution in [2.75, 3.05) is 18.4 Å². The summed E-state index contributed by atoms with van der Waals surface area (Å²) in [5.74, 6) is -1.24. The van der Waals surface area contributed by atoms with E-state index in [4.69, 9.17) is 0 Å². The molecule has 1 saturated heterocycles. The first-order valence-electron chi connectivity index (χ1n) is 8.06. The average molecular weight is 344 g/mol. The third-order valence-corrected chi connectivity index (χ3v) is 4.37. The first-order valence-corrected chi connectivity index (χ1v) is 8.06. The van der Waals surface area contributed by atoms with E-state index < -0.39 is 11.9 Å². The summed E-state index contributed by atoms with van der Waals surface area (Å²) in [5, 5.41) is 23.2. The first-order chi connectivity index (χ1) is 11.9. The highest BCUT2D eigenvalue weighted by molar-refractivity contribution is 5.91. The number of amides is 2. The van der Waals surface area contributed by atoms with Crippen LogP contribution < -0.4 is 5.32 Å². The molecule has 1 fully saturated rings. The third-order valence-electron chi connectivity index (χ3n) is 4.37. The predicted octanol–water partition coefficient (Wildman–Crippen LogP) is 1.55. The molecule has 2 aromatic rings. The smallest absolute Gasteiger partial charge is 0.321 e. The van der Waals surface area contributed by atoms with E-state index in [1.807, 2.05) is 26.0 Å². The number of hydrogen-bond donors (Lipinski definition) is 2. The number of nitrogens with one attached hydrogen (secondary N) is 1. The highest BCUT2D eigenvalue weighted by Crippen LogP contribution is 2.24. The van der Waals surface area contributed by atoms with E-state index in [9.17, 15) is 14.7 Å². The summed E-state index contributed by atoms with van der Waals surface area (Å²) in [6.45, 7) is 4.61. The number of tetrazole rings is 1. The number of carbonyl (C=O) groups excluding carboxylic acids is 1. The van der Waals surface area contributed by atoms with E-state index in [0.29, 0.717) is 18.7 Å². The monoisotopic (exact) mass is 344 g/mol. The number of benzene rings is 1. The zero-order valence-corrected chi connectivity index (χ0v) is 14.1. The van der Waals surface area contributed by atoms with E-state index in [-0.39, 0.29) is 18.5 Å². The number of carbonyl (C=O) groups is 2. The van der Waals surface area contributed by atoms with Crippen molar-refractivity contribution in [2.24, 2.45) is 11.8 Å². The predicted molar refractivity (Wildman–Crippen MR) is 89.4 cm³/mol. The fourth-order valence-corrected chi connectivity index (χ4v) is 3.06. The van der Waals surface area contributed by atoms with E-state index >= 15 is 0 Å². The van der Waals surface area contributed by atoms with Crippen molar-refractivity contribution in [3.05, 3.63) is 30.1 Å². The Morgan fingerprint density at radius 1 is 1.32 bits per heavy atom. The quantitative estimate of drug-likeness (QED) is 0.873. The van der Waals surface area contributed by atoms with E-state index in [1.165, 1.54) is 11.0 Å². The van der Waals surface area contributed by atoms with Gasteiger partial charge in [0, 0.05) is 18.8 Å². The standard InChI is InChI=1S/C16H20N6O3/c1-10-5-12(15(23)24)8-21(7-10)16(25)18-14-6-13(4-3-11(14)2)22-9-17-19-20-22/h3-4,6,9-10,12H,5,7-8H2,1-2H3,(H,18,25)(H,23,24). The molecular formula is C16H20N6O3. The number of anilines is 1. The second-order valence-corrected chi connectivity index (χ2v) is 6.46. The van der Waals surface area contributed by atoms with Gasteiger partial charge >= 0.3 is 12.0 Å². The molecule has 1 aromatic carbocycles. The molecule has 0 saturated carbocycles. The van der Waals surface area contributed by atoms with Crippen molar-refractivity contribution in [3.8, 4) is 5.69 Å². The summed E-state index contributed by atoms with van der Waals surface area (Å²) in [6, 6.07) is 5.21. The van der Waals surface area contributed by atoms with Crippen molar-refractivity contribution < 1.29 is 14.7 Å². The topological polar surface area (TPSA) is 113 Å². The summed E-state index contributed by atoms with van der Waals surface area (Å²) in [4.78, 5) is 25.4. The van der Waals surface area contributed by atoms with Gasteiger partial charge in [-0.15, -0.1) is 5.10 Å². The number of carboxylic acids is 1. The third kappa shape index (κ3) is 3.76. The Hall–Kier alpha value is -2.97. The molecule has 9 heteroatoms. The van der Waals surface area contributed by atoms with E-state index in [0.717, 1.165) is 11.3 Å². The van der Waals surface area contributed by atoms with Crippen LogP contribution in [0.15, 0.2) is 24.5 Å². The van der Waals surface area contributed by atoms with Crippen LogP contribution in [0.3, 0.4) is 0 Å². The molecule has 2 N–H and O–H groups in total. The van der Waals surface area contributed by atoms with Gasteiger partial charge in [-0.3, -0.25) is 4.79 Å².